The summed E-state index contributed by atoms with van der Waals surface area (Å²) in [4.78, 5) is 18.1. The summed E-state index contributed by atoms with van der Waals surface area (Å²) in [6.45, 7) is 4.32. The molecule has 6 nitrogen and oxygen atoms in total. The molecule has 6 heteroatoms. The van der Waals surface area contributed by atoms with E-state index in [0.717, 1.165) is 11.1 Å². The van der Waals surface area contributed by atoms with Crippen LogP contribution in [0.5, 0.6) is 0 Å². The zero-order valence-corrected chi connectivity index (χ0v) is 18.2. The molecule has 1 aliphatic heterocycles. The molecule has 31 heavy (non-hydrogen) atoms. The summed E-state index contributed by atoms with van der Waals surface area (Å²) in [5.41, 5.74) is -0.0574. The SMILES string of the molecule is CN1CCN(C(=O)C(C)(c2ccccc2)c2ccccc2)CC(O)(Cn2cccn2)C1. The average molecular weight is 419 g/mol. The topological polar surface area (TPSA) is 61.6 Å². The van der Waals surface area contributed by atoms with Gasteiger partial charge in [0.1, 0.15) is 5.60 Å². The van der Waals surface area contributed by atoms with Crippen molar-refractivity contribution in [3.63, 3.8) is 0 Å². The fourth-order valence-corrected chi connectivity index (χ4v) is 4.60. The Hall–Kier alpha value is -2.96. The van der Waals surface area contributed by atoms with E-state index in [4.69, 9.17) is 0 Å². The molecule has 1 N–H and O–H groups in total. The zero-order valence-electron chi connectivity index (χ0n) is 18.2. The van der Waals surface area contributed by atoms with E-state index in [9.17, 15) is 9.90 Å². The van der Waals surface area contributed by atoms with Crippen molar-refractivity contribution in [3.8, 4) is 0 Å². The van der Waals surface area contributed by atoms with Gasteiger partial charge in [0.05, 0.1) is 18.5 Å². The molecule has 3 aromatic rings. The monoisotopic (exact) mass is 418 g/mol. The number of rotatable bonds is 5. The Bertz CT molecular complexity index is 951. The van der Waals surface area contributed by atoms with Gasteiger partial charge in [-0.3, -0.25) is 9.48 Å². The summed E-state index contributed by atoms with van der Waals surface area (Å²) >= 11 is 0. The van der Waals surface area contributed by atoms with Crippen LogP contribution in [0.15, 0.2) is 79.1 Å². The normalized spacial score (nSPS) is 20.4. The van der Waals surface area contributed by atoms with Gasteiger partial charge in [-0.1, -0.05) is 60.7 Å². The fourth-order valence-electron chi connectivity index (χ4n) is 4.60. The van der Waals surface area contributed by atoms with E-state index in [2.05, 4.69) is 10.00 Å². The Labute approximate surface area is 183 Å². The number of amides is 1. The number of hydrogen-bond acceptors (Lipinski definition) is 4. The van der Waals surface area contributed by atoms with Crippen LogP contribution in [-0.2, 0) is 16.8 Å². The van der Waals surface area contributed by atoms with Crippen molar-refractivity contribution in [1.82, 2.24) is 19.6 Å². The average Bonchev–Trinajstić information content (AvgIpc) is 3.23. The summed E-state index contributed by atoms with van der Waals surface area (Å²) in [7, 11) is 1.98. The Morgan fingerprint density at radius 2 is 1.61 bits per heavy atom. The summed E-state index contributed by atoms with van der Waals surface area (Å²) in [5, 5.41) is 15.8. The Balaban J connectivity index is 1.70. The summed E-state index contributed by atoms with van der Waals surface area (Å²) in [6.07, 6.45) is 3.54. The van der Waals surface area contributed by atoms with Crippen LogP contribution in [0.4, 0.5) is 0 Å². The molecule has 1 unspecified atom stereocenters. The number of benzene rings is 2. The Kier molecular flexibility index (Phi) is 5.94. The van der Waals surface area contributed by atoms with Crippen LogP contribution in [0.1, 0.15) is 18.1 Å². The lowest BCUT2D eigenvalue weighted by atomic mass is 9.75. The summed E-state index contributed by atoms with van der Waals surface area (Å²) < 4.78 is 1.73. The fraction of sp³-hybridized carbons (Fsp3) is 0.360. The maximum absolute atomic E-state index is 14.1. The highest BCUT2D eigenvalue weighted by Crippen LogP contribution is 2.35. The van der Waals surface area contributed by atoms with Crippen LogP contribution in [-0.4, -0.2) is 69.4 Å². The third-order valence-corrected chi connectivity index (χ3v) is 6.23. The lowest BCUT2D eigenvalue weighted by molar-refractivity contribution is -0.138. The maximum atomic E-state index is 14.1. The van der Waals surface area contributed by atoms with E-state index >= 15 is 0 Å². The van der Waals surface area contributed by atoms with Crippen molar-refractivity contribution >= 4 is 5.91 Å². The minimum Gasteiger partial charge on any atom is -0.385 e. The molecule has 0 bridgehead atoms. The second kappa shape index (κ2) is 8.65. The lowest BCUT2D eigenvalue weighted by Gasteiger charge is -2.38. The smallest absolute Gasteiger partial charge is 0.237 e. The minimum absolute atomic E-state index is 0.000842. The molecule has 1 fully saturated rings. The van der Waals surface area contributed by atoms with E-state index in [-0.39, 0.29) is 12.5 Å². The summed E-state index contributed by atoms with van der Waals surface area (Å²) in [5.74, 6) is -0.000842. The number of carbonyl (C=O) groups excluding carboxylic acids is 1. The van der Waals surface area contributed by atoms with E-state index in [1.54, 1.807) is 10.9 Å². The molecule has 2 aromatic carbocycles. The van der Waals surface area contributed by atoms with E-state index in [1.807, 2.05) is 91.8 Å². The highest BCUT2D eigenvalue weighted by atomic mass is 16.3. The predicted octanol–water partition coefficient (Wildman–Crippen LogP) is 2.39. The molecule has 1 amide bonds. The molecule has 4 rings (SSSR count). The first-order valence-electron chi connectivity index (χ1n) is 10.7. The standard InChI is InChI=1S/C25H30N4O2/c1-24(21-10-5-3-6-11-21,22-12-7-4-8-13-22)23(30)28-17-16-27(2)18-25(31,19-28)20-29-15-9-14-26-29/h3-15,31H,16-20H2,1-2H3. The van der Waals surface area contributed by atoms with Gasteiger partial charge in [-0.2, -0.15) is 5.10 Å². The molecule has 162 valence electrons. The molecule has 0 spiro atoms. The van der Waals surface area contributed by atoms with Gasteiger partial charge < -0.3 is 14.9 Å². The third kappa shape index (κ3) is 4.40. The number of aromatic nitrogens is 2. The van der Waals surface area contributed by atoms with Crippen molar-refractivity contribution in [3.05, 3.63) is 90.3 Å². The molecular formula is C25H30N4O2. The van der Waals surface area contributed by atoms with Crippen LogP contribution in [0.25, 0.3) is 0 Å². The van der Waals surface area contributed by atoms with E-state index in [1.165, 1.54) is 0 Å². The van der Waals surface area contributed by atoms with Crippen molar-refractivity contribution in [2.45, 2.75) is 24.5 Å². The number of aliphatic hydroxyl groups is 1. The minimum atomic E-state index is -1.10. The van der Waals surface area contributed by atoms with Gasteiger partial charge in [0, 0.05) is 32.0 Å². The molecule has 1 aromatic heterocycles. The second-order valence-corrected chi connectivity index (χ2v) is 8.75. The van der Waals surface area contributed by atoms with Crippen molar-refractivity contribution < 1.29 is 9.90 Å². The van der Waals surface area contributed by atoms with Gasteiger partial charge in [0.2, 0.25) is 5.91 Å². The van der Waals surface area contributed by atoms with Crippen molar-refractivity contribution in [2.75, 3.05) is 33.2 Å². The van der Waals surface area contributed by atoms with Crippen molar-refractivity contribution in [2.24, 2.45) is 0 Å². The lowest BCUT2D eigenvalue weighted by Crippen LogP contribution is -2.54. The molecular weight excluding hydrogens is 388 g/mol. The molecule has 0 radical (unpaired) electrons. The van der Waals surface area contributed by atoms with E-state index in [0.29, 0.717) is 26.2 Å². The molecule has 1 atom stereocenters. The number of carbonyl (C=O) groups is 1. The van der Waals surface area contributed by atoms with Gasteiger partial charge in [-0.25, -0.2) is 0 Å². The van der Waals surface area contributed by atoms with Gasteiger partial charge in [0.15, 0.2) is 0 Å². The molecule has 0 aliphatic carbocycles. The van der Waals surface area contributed by atoms with Gasteiger partial charge in [-0.15, -0.1) is 0 Å². The van der Waals surface area contributed by atoms with Gasteiger partial charge >= 0.3 is 0 Å². The maximum Gasteiger partial charge on any atom is 0.237 e. The predicted molar refractivity (Wildman–Crippen MR) is 121 cm³/mol. The third-order valence-electron chi connectivity index (χ3n) is 6.23. The number of β-amino-alcohol motifs (C(OH)–C–C–N with tert-alkyl or cyclic N) is 1. The highest BCUT2D eigenvalue weighted by molar-refractivity contribution is 5.91. The Morgan fingerprint density at radius 1 is 1.00 bits per heavy atom. The zero-order chi connectivity index (χ0) is 21.9. The summed E-state index contributed by atoms with van der Waals surface area (Å²) in [6, 6.07) is 21.6. The Morgan fingerprint density at radius 3 is 2.16 bits per heavy atom. The first-order valence-corrected chi connectivity index (χ1v) is 10.7. The number of hydrogen-bond donors (Lipinski definition) is 1. The number of nitrogens with zero attached hydrogens (tertiary/aromatic N) is 4. The van der Waals surface area contributed by atoms with Crippen molar-refractivity contribution in [1.29, 1.82) is 0 Å². The quantitative estimate of drug-likeness (QED) is 0.691. The van der Waals surface area contributed by atoms with Gasteiger partial charge in [0.25, 0.3) is 0 Å². The van der Waals surface area contributed by atoms with Gasteiger partial charge in [-0.05, 0) is 31.2 Å². The molecule has 1 saturated heterocycles. The first kappa shape index (κ1) is 21.3. The van der Waals surface area contributed by atoms with Crippen LogP contribution >= 0.6 is 0 Å². The highest BCUT2D eigenvalue weighted by Gasteiger charge is 2.44. The first-order chi connectivity index (χ1) is 14.9. The van der Waals surface area contributed by atoms with Crippen LogP contribution in [0.3, 0.4) is 0 Å². The largest absolute Gasteiger partial charge is 0.385 e. The number of likely N-dealkylation sites (N-methyl/N-ethyl adjacent to an activating group) is 1. The second-order valence-electron chi connectivity index (χ2n) is 8.75. The van der Waals surface area contributed by atoms with Crippen LogP contribution in [0, 0.1) is 0 Å². The molecule has 0 saturated carbocycles. The molecule has 2 heterocycles. The van der Waals surface area contributed by atoms with E-state index < -0.39 is 11.0 Å². The molecule has 1 aliphatic rings. The van der Waals surface area contributed by atoms with Crippen LogP contribution in [0.2, 0.25) is 0 Å². The van der Waals surface area contributed by atoms with Crippen LogP contribution < -0.4 is 0 Å².